The molecule has 0 atom stereocenters. The Morgan fingerprint density at radius 3 is 2.70 bits per heavy atom. The van der Waals surface area contributed by atoms with Gasteiger partial charge in [0.15, 0.2) is 5.75 Å². The van der Waals surface area contributed by atoms with Crippen LogP contribution in [0.5, 0.6) is 5.75 Å². The number of alkyl halides is 3. The third-order valence-corrected chi connectivity index (χ3v) is 2.83. The van der Waals surface area contributed by atoms with Gasteiger partial charge in [0.05, 0.1) is 5.69 Å². The second-order valence-electron chi connectivity index (χ2n) is 3.61. The number of halogens is 4. The summed E-state index contributed by atoms with van der Waals surface area (Å²) in [4.78, 5) is 11.8. The molecule has 2 aromatic rings. The predicted molar refractivity (Wildman–Crippen MR) is 72.4 cm³/mol. The van der Waals surface area contributed by atoms with Gasteiger partial charge in [-0.15, -0.1) is 13.2 Å². The van der Waals surface area contributed by atoms with Crippen molar-refractivity contribution in [2.45, 2.75) is 6.36 Å². The van der Waals surface area contributed by atoms with E-state index >= 15 is 0 Å². The summed E-state index contributed by atoms with van der Waals surface area (Å²) in [6.07, 6.45) is -3.48. The normalized spacial score (nSPS) is 11.2. The number of carbonyl (C=O) groups is 1. The minimum Gasteiger partial charge on any atom is -0.404 e. The van der Waals surface area contributed by atoms with Crippen LogP contribution in [0.25, 0.3) is 0 Å². The molecule has 106 valence electrons. The van der Waals surface area contributed by atoms with Crippen LogP contribution in [0.3, 0.4) is 0 Å². The molecule has 5 nitrogen and oxygen atoms in total. The Kier molecular flexibility index (Phi) is 4.16. The number of nitrogens with one attached hydrogen (secondary N) is 2. The summed E-state index contributed by atoms with van der Waals surface area (Å²) >= 11 is 1.84. The van der Waals surface area contributed by atoms with Crippen LogP contribution in [-0.4, -0.2) is 22.5 Å². The van der Waals surface area contributed by atoms with E-state index in [4.69, 9.17) is 0 Å². The van der Waals surface area contributed by atoms with Gasteiger partial charge in [-0.2, -0.15) is 5.10 Å². The van der Waals surface area contributed by atoms with Gasteiger partial charge in [-0.05, 0) is 46.9 Å². The maximum Gasteiger partial charge on any atom is 0.573 e. The van der Waals surface area contributed by atoms with Gasteiger partial charge in [-0.1, -0.05) is 0 Å². The third kappa shape index (κ3) is 3.85. The van der Waals surface area contributed by atoms with Crippen molar-refractivity contribution in [2.75, 3.05) is 5.32 Å². The fraction of sp³-hybridized carbons (Fsp3) is 0.0909. The summed E-state index contributed by atoms with van der Waals surface area (Å²) in [5.41, 5.74) is 0.0452. The first-order chi connectivity index (χ1) is 9.35. The molecule has 0 fully saturated rings. The molecular formula is C11H7F3IN3O2. The van der Waals surface area contributed by atoms with Gasteiger partial charge < -0.3 is 10.1 Å². The Balaban J connectivity index is 2.25. The lowest BCUT2D eigenvalue weighted by atomic mass is 10.3. The van der Waals surface area contributed by atoms with Crippen molar-refractivity contribution in [1.82, 2.24) is 10.2 Å². The summed E-state index contributed by atoms with van der Waals surface area (Å²) in [7, 11) is 0. The third-order valence-electron chi connectivity index (χ3n) is 2.16. The zero-order valence-corrected chi connectivity index (χ0v) is 11.8. The molecule has 0 unspecified atom stereocenters. The minimum absolute atomic E-state index is 0.0812. The van der Waals surface area contributed by atoms with Gasteiger partial charge in [0.2, 0.25) is 0 Å². The van der Waals surface area contributed by atoms with Crippen LogP contribution in [0.2, 0.25) is 0 Å². The molecule has 0 aliphatic carbocycles. The van der Waals surface area contributed by atoms with Gasteiger partial charge in [0, 0.05) is 9.77 Å². The van der Waals surface area contributed by atoms with Crippen molar-refractivity contribution < 1.29 is 22.7 Å². The molecule has 0 radical (unpaired) electrons. The summed E-state index contributed by atoms with van der Waals surface area (Å²) < 4.78 is 41.4. The summed E-state index contributed by atoms with van der Waals surface area (Å²) in [6.45, 7) is 0. The van der Waals surface area contributed by atoms with Crippen molar-refractivity contribution in [1.29, 1.82) is 0 Å². The lowest BCUT2D eigenvalue weighted by Crippen LogP contribution is -2.20. The average molecular weight is 397 g/mol. The molecule has 9 heteroatoms. The highest BCUT2D eigenvalue weighted by Gasteiger charge is 2.32. The largest absolute Gasteiger partial charge is 0.573 e. The van der Waals surface area contributed by atoms with Crippen LogP contribution in [0.15, 0.2) is 30.5 Å². The zero-order chi connectivity index (χ0) is 14.8. The Labute approximate surface area is 124 Å². The van der Waals surface area contributed by atoms with E-state index < -0.39 is 18.0 Å². The number of anilines is 1. The smallest absolute Gasteiger partial charge is 0.404 e. The Hall–Kier alpha value is -1.78. The van der Waals surface area contributed by atoms with E-state index in [1.54, 1.807) is 6.07 Å². The van der Waals surface area contributed by atoms with E-state index in [2.05, 4.69) is 20.3 Å². The van der Waals surface area contributed by atoms with E-state index in [0.29, 0.717) is 3.57 Å². The van der Waals surface area contributed by atoms with Crippen LogP contribution in [0.4, 0.5) is 18.9 Å². The minimum atomic E-state index is -4.84. The number of amides is 1. The highest BCUT2D eigenvalue weighted by Crippen LogP contribution is 2.32. The molecule has 0 spiro atoms. The molecule has 2 N–H and O–H groups in total. The lowest BCUT2D eigenvalue weighted by Gasteiger charge is -2.14. The number of benzene rings is 1. The fourth-order valence-corrected chi connectivity index (χ4v) is 1.84. The van der Waals surface area contributed by atoms with E-state index in [-0.39, 0.29) is 11.4 Å². The van der Waals surface area contributed by atoms with Crippen molar-refractivity contribution in [3.05, 3.63) is 39.7 Å². The fourth-order valence-electron chi connectivity index (χ4n) is 1.38. The number of hydrogen-bond acceptors (Lipinski definition) is 3. The summed E-state index contributed by atoms with van der Waals surface area (Å²) in [5, 5.41) is 8.32. The lowest BCUT2D eigenvalue weighted by molar-refractivity contribution is -0.274. The highest BCUT2D eigenvalue weighted by atomic mass is 127. The van der Waals surface area contributed by atoms with Crippen molar-refractivity contribution >= 4 is 34.2 Å². The Bertz CT molecular complexity index is 614. The summed E-state index contributed by atoms with van der Waals surface area (Å²) in [5.74, 6) is -1.09. The summed E-state index contributed by atoms with van der Waals surface area (Å²) in [6, 6.07) is 5.45. The number of H-pyrrole nitrogens is 1. The molecule has 0 saturated carbocycles. The average Bonchev–Trinajstić information content (AvgIpc) is 2.84. The van der Waals surface area contributed by atoms with Gasteiger partial charge in [0.25, 0.3) is 5.91 Å². The monoisotopic (exact) mass is 397 g/mol. The number of carbonyl (C=O) groups excluding carboxylic acids is 1. The van der Waals surface area contributed by atoms with E-state index in [1.807, 2.05) is 22.6 Å². The topological polar surface area (TPSA) is 67.0 Å². The van der Waals surface area contributed by atoms with Crippen molar-refractivity contribution in [3.63, 3.8) is 0 Å². The Morgan fingerprint density at radius 2 is 2.10 bits per heavy atom. The molecule has 20 heavy (non-hydrogen) atoms. The maximum atomic E-state index is 12.3. The van der Waals surface area contributed by atoms with Crippen LogP contribution < -0.4 is 10.1 Å². The van der Waals surface area contributed by atoms with Crippen molar-refractivity contribution in [2.24, 2.45) is 0 Å². The van der Waals surface area contributed by atoms with Gasteiger partial charge in [0.1, 0.15) is 5.69 Å². The van der Waals surface area contributed by atoms with Crippen LogP contribution in [0.1, 0.15) is 10.5 Å². The quantitative estimate of drug-likeness (QED) is 0.783. The molecule has 1 heterocycles. The molecule has 0 aliphatic rings. The number of aromatic amines is 1. The van der Waals surface area contributed by atoms with Gasteiger partial charge in [-0.3, -0.25) is 9.89 Å². The Morgan fingerprint density at radius 1 is 1.35 bits per heavy atom. The molecule has 1 amide bonds. The first-order valence-corrected chi connectivity index (χ1v) is 6.29. The second kappa shape index (κ2) is 5.69. The standard InChI is InChI=1S/C11H7F3IN3O2/c12-11(13,14)20-9-5-6(15)1-2-7(9)17-10(19)8-3-4-16-18-8/h1-5H,(H,16,18)(H,17,19). The zero-order valence-electron chi connectivity index (χ0n) is 9.66. The van der Waals surface area contributed by atoms with Crippen LogP contribution in [0, 0.1) is 3.57 Å². The SMILES string of the molecule is O=C(Nc1ccc(I)cc1OC(F)(F)F)c1ccn[nH]1. The van der Waals surface area contributed by atoms with Crippen LogP contribution in [-0.2, 0) is 0 Å². The molecular weight excluding hydrogens is 390 g/mol. The van der Waals surface area contributed by atoms with E-state index in [1.165, 1.54) is 24.4 Å². The van der Waals surface area contributed by atoms with Gasteiger partial charge in [-0.25, -0.2) is 0 Å². The predicted octanol–water partition coefficient (Wildman–Crippen LogP) is 3.17. The molecule has 1 aromatic carbocycles. The molecule has 0 aliphatic heterocycles. The molecule has 2 rings (SSSR count). The van der Waals surface area contributed by atoms with E-state index in [9.17, 15) is 18.0 Å². The number of hydrogen-bond donors (Lipinski definition) is 2. The second-order valence-corrected chi connectivity index (χ2v) is 4.86. The number of rotatable bonds is 3. The maximum absolute atomic E-state index is 12.3. The highest BCUT2D eigenvalue weighted by molar-refractivity contribution is 14.1. The number of aromatic nitrogens is 2. The first kappa shape index (κ1) is 14.6. The van der Waals surface area contributed by atoms with Gasteiger partial charge >= 0.3 is 6.36 Å². The molecule has 0 bridgehead atoms. The number of nitrogens with zero attached hydrogens (tertiary/aromatic N) is 1. The molecule has 0 saturated heterocycles. The first-order valence-electron chi connectivity index (χ1n) is 5.21. The number of ether oxygens (including phenoxy) is 1. The van der Waals surface area contributed by atoms with E-state index in [0.717, 1.165) is 0 Å². The van der Waals surface area contributed by atoms with Crippen molar-refractivity contribution in [3.8, 4) is 5.75 Å². The molecule has 1 aromatic heterocycles. The van der Waals surface area contributed by atoms with Crippen LogP contribution >= 0.6 is 22.6 Å².